The van der Waals surface area contributed by atoms with Crippen LogP contribution < -0.4 is 15.5 Å². The number of hydrogen-bond donors (Lipinski definition) is 3. The zero-order chi connectivity index (χ0) is 25.7. The maximum absolute atomic E-state index is 5.80. The Morgan fingerprint density at radius 1 is 1.03 bits per heavy atom. The molecule has 0 radical (unpaired) electrons. The van der Waals surface area contributed by atoms with E-state index in [0.29, 0.717) is 17.6 Å². The second-order valence-electron chi connectivity index (χ2n) is 9.56. The van der Waals surface area contributed by atoms with E-state index >= 15 is 0 Å². The van der Waals surface area contributed by atoms with Crippen molar-refractivity contribution < 1.29 is 9.26 Å². The van der Waals surface area contributed by atoms with Gasteiger partial charge in [-0.05, 0) is 31.9 Å². The van der Waals surface area contributed by atoms with Gasteiger partial charge in [0.2, 0.25) is 5.95 Å². The molecule has 3 N–H and O–H groups in total. The van der Waals surface area contributed by atoms with Crippen molar-refractivity contribution in [3.05, 3.63) is 54.0 Å². The van der Waals surface area contributed by atoms with Gasteiger partial charge in [0.25, 0.3) is 0 Å². The van der Waals surface area contributed by atoms with Crippen LogP contribution in [0.3, 0.4) is 0 Å². The molecule has 4 aromatic heterocycles. The quantitative estimate of drug-likeness (QED) is 0.302. The van der Waals surface area contributed by atoms with Crippen LogP contribution in [0.25, 0.3) is 11.4 Å². The van der Waals surface area contributed by atoms with Crippen molar-refractivity contribution in [3.63, 3.8) is 0 Å². The van der Waals surface area contributed by atoms with E-state index in [1.54, 1.807) is 6.20 Å². The summed E-state index contributed by atoms with van der Waals surface area (Å²) in [6.07, 6.45) is 3.69. The van der Waals surface area contributed by atoms with Crippen LogP contribution in [0.5, 0.6) is 0 Å². The molecular weight excluding hydrogens is 484 g/mol. The molecule has 2 aliphatic heterocycles. The predicted octanol–water partition coefficient (Wildman–Crippen LogP) is 3.39. The first kappa shape index (κ1) is 24.3. The van der Waals surface area contributed by atoms with Gasteiger partial charge in [0.05, 0.1) is 24.9 Å². The van der Waals surface area contributed by atoms with E-state index in [9.17, 15) is 0 Å². The Balaban J connectivity index is 1.24. The summed E-state index contributed by atoms with van der Waals surface area (Å²) in [7, 11) is 0. The third-order valence-corrected chi connectivity index (χ3v) is 6.81. The Hall–Kier alpha value is -4.03. The maximum atomic E-state index is 5.80. The molecule has 2 fully saturated rings. The highest BCUT2D eigenvalue weighted by atomic mass is 16.5. The predicted molar refractivity (Wildman–Crippen MR) is 143 cm³/mol. The zero-order valence-corrected chi connectivity index (χ0v) is 21.4. The van der Waals surface area contributed by atoms with E-state index in [1.807, 2.05) is 43.3 Å². The smallest absolute Gasteiger partial charge is 0.229 e. The van der Waals surface area contributed by atoms with Gasteiger partial charge in [0.1, 0.15) is 17.3 Å². The third kappa shape index (κ3) is 5.60. The first-order chi connectivity index (χ1) is 18.7. The molecule has 1 atom stereocenters. The van der Waals surface area contributed by atoms with Crippen molar-refractivity contribution in [1.82, 2.24) is 35.2 Å². The van der Waals surface area contributed by atoms with Crippen LogP contribution in [-0.4, -0.2) is 81.1 Å². The molecular formula is C26H32N10O2. The van der Waals surface area contributed by atoms with Crippen LogP contribution in [0.2, 0.25) is 0 Å². The number of anilines is 4. The van der Waals surface area contributed by atoms with Crippen molar-refractivity contribution >= 4 is 23.4 Å². The molecule has 12 nitrogen and oxygen atoms in total. The minimum Gasteiger partial charge on any atom is -0.379 e. The molecule has 0 amide bonds. The number of aryl methyl sites for hydroxylation is 1. The largest absolute Gasteiger partial charge is 0.379 e. The summed E-state index contributed by atoms with van der Waals surface area (Å²) in [5.74, 6) is 3.56. The number of H-pyrrole nitrogens is 1. The second kappa shape index (κ2) is 11.2. The Kier molecular flexibility index (Phi) is 7.14. The fourth-order valence-electron chi connectivity index (χ4n) is 4.88. The lowest BCUT2D eigenvalue weighted by Crippen LogP contribution is -2.39. The molecule has 0 aromatic carbocycles. The van der Waals surface area contributed by atoms with E-state index < -0.39 is 0 Å². The standard InChI is InChI=1S/C26H32N10O2/c1-18-15-25(33-32-18)29-24-17-23(28-8-10-35-11-13-37-14-12-35)30-26(31-24)36-9-4-6-21(36)22-16-20(34-38-22)19-5-2-3-7-27-19/h2-3,5,7,15-17,21H,4,6,8-14H2,1H3,(H3,28,29,30,31,32,33). The number of morpholine rings is 1. The highest BCUT2D eigenvalue weighted by Crippen LogP contribution is 2.37. The number of aromatic nitrogens is 6. The second-order valence-corrected chi connectivity index (χ2v) is 9.56. The van der Waals surface area contributed by atoms with Gasteiger partial charge in [0.15, 0.2) is 11.6 Å². The first-order valence-electron chi connectivity index (χ1n) is 13.1. The summed E-state index contributed by atoms with van der Waals surface area (Å²) in [5.41, 5.74) is 2.48. The van der Waals surface area contributed by atoms with E-state index in [0.717, 1.165) is 87.4 Å². The van der Waals surface area contributed by atoms with Gasteiger partial charge in [-0.25, -0.2) is 0 Å². The van der Waals surface area contributed by atoms with Gasteiger partial charge >= 0.3 is 0 Å². The summed E-state index contributed by atoms with van der Waals surface area (Å²) in [6, 6.07) is 11.6. The maximum Gasteiger partial charge on any atom is 0.229 e. The number of aromatic amines is 1. The molecule has 198 valence electrons. The van der Waals surface area contributed by atoms with Gasteiger partial charge in [-0.1, -0.05) is 11.2 Å². The molecule has 0 spiro atoms. The van der Waals surface area contributed by atoms with Crippen molar-refractivity contribution in [3.8, 4) is 11.4 Å². The van der Waals surface area contributed by atoms with Crippen molar-refractivity contribution in [1.29, 1.82) is 0 Å². The average molecular weight is 517 g/mol. The Morgan fingerprint density at radius 2 is 1.92 bits per heavy atom. The van der Waals surface area contributed by atoms with Gasteiger partial charge in [0, 0.05) is 62.8 Å². The summed E-state index contributed by atoms with van der Waals surface area (Å²) >= 11 is 0. The molecule has 38 heavy (non-hydrogen) atoms. The average Bonchev–Trinajstić information content (AvgIpc) is 3.71. The van der Waals surface area contributed by atoms with Gasteiger partial charge in [-0.3, -0.25) is 15.0 Å². The number of hydrogen-bond acceptors (Lipinski definition) is 11. The molecule has 12 heteroatoms. The van der Waals surface area contributed by atoms with Crippen LogP contribution in [0.15, 0.2) is 47.1 Å². The fourth-order valence-corrected chi connectivity index (χ4v) is 4.88. The summed E-state index contributed by atoms with van der Waals surface area (Å²) < 4.78 is 11.3. The highest BCUT2D eigenvalue weighted by Gasteiger charge is 2.32. The molecule has 6 heterocycles. The number of nitrogens with one attached hydrogen (secondary N) is 3. The van der Waals surface area contributed by atoms with E-state index in [1.165, 1.54) is 0 Å². The van der Waals surface area contributed by atoms with Crippen LogP contribution in [0, 0.1) is 6.92 Å². The lowest BCUT2D eigenvalue weighted by molar-refractivity contribution is 0.0398. The minimum absolute atomic E-state index is 0.0101. The normalized spacial score (nSPS) is 18.1. The van der Waals surface area contributed by atoms with Crippen LogP contribution in [0.4, 0.5) is 23.4 Å². The zero-order valence-electron chi connectivity index (χ0n) is 21.4. The Bertz CT molecular complexity index is 1330. The fraction of sp³-hybridized carbons (Fsp3) is 0.423. The summed E-state index contributed by atoms with van der Waals surface area (Å²) in [4.78, 5) is 18.8. The highest BCUT2D eigenvalue weighted by molar-refractivity contribution is 5.60. The summed E-state index contributed by atoms with van der Waals surface area (Å²) in [5, 5.41) is 18.4. The van der Waals surface area contributed by atoms with Crippen molar-refractivity contribution in [2.24, 2.45) is 0 Å². The van der Waals surface area contributed by atoms with Gasteiger partial charge in [-0.15, -0.1) is 0 Å². The number of nitrogens with zero attached hydrogens (tertiary/aromatic N) is 7. The van der Waals surface area contributed by atoms with Crippen LogP contribution >= 0.6 is 0 Å². The molecule has 0 bridgehead atoms. The van der Waals surface area contributed by atoms with E-state index in [-0.39, 0.29) is 6.04 Å². The number of rotatable bonds is 9. The molecule has 2 aliphatic rings. The number of ether oxygens (including phenoxy) is 1. The van der Waals surface area contributed by atoms with Crippen LogP contribution in [0.1, 0.15) is 30.3 Å². The molecule has 0 aliphatic carbocycles. The minimum atomic E-state index is -0.0101. The van der Waals surface area contributed by atoms with Gasteiger partial charge < -0.3 is 24.8 Å². The van der Waals surface area contributed by atoms with Gasteiger partial charge in [-0.2, -0.15) is 15.1 Å². The summed E-state index contributed by atoms with van der Waals surface area (Å²) in [6.45, 7) is 7.96. The van der Waals surface area contributed by atoms with Crippen LogP contribution in [-0.2, 0) is 4.74 Å². The molecule has 4 aromatic rings. The molecule has 6 rings (SSSR count). The lowest BCUT2D eigenvalue weighted by Gasteiger charge is -2.27. The van der Waals surface area contributed by atoms with E-state index in [2.05, 4.69) is 40.8 Å². The number of pyridine rings is 1. The first-order valence-corrected chi connectivity index (χ1v) is 13.1. The molecule has 2 saturated heterocycles. The van der Waals surface area contributed by atoms with Crippen molar-refractivity contribution in [2.75, 3.05) is 61.5 Å². The Morgan fingerprint density at radius 3 is 2.74 bits per heavy atom. The van der Waals surface area contributed by atoms with Crippen molar-refractivity contribution in [2.45, 2.75) is 25.8 Å². The molecule has 0 saturated carbocycles. The van der Waals surface area contributed by atoms with E-state index in [4.69, 9.17) is 19.2 Å². The third-order valence-electron chi connectivity index (χ3n) is 6.81. The SMILES string of the molecule is Cc1cc(Nc2cc(NCCN3CCOCC3)nc(N3CCCC3c3cc(-c4ccccn4)no3)n2)n[nH]1. The monoisotopic (exact) mass is 516 g/mol. The lowest BCUT2D eigenvalue weighted by atomic mass is 10.1. The Labute approximate surface area is 220 Å². The molecule has 1 unspecified atom stereocenters. The topological polar surface area (TPSA) is 133 Å².